The Morgan fingerprint density at radius 2 is 2.14 bits per heavy atom. The second-order valence-corrected chi connectivity index (χ2v) is 5.73. The summed E-state index contributed by atoms with van der Waals surface area (Å²) in [5, 5.41) is 9.92. The third-order valence-electron chi connectivity index (χ3n) is 4.06. The minimum Gasteiger partial charge on any atom is -0.338 e. The van der Waals surface area contributed by atoms with Crippen LogP contribution in [-0.4, -0.2) is 27.3 Å². The Morgan fingerprint density at radius 1 is 1.27 bits per heavy atom. The number of anilines is 1. The molecule has 1 aromatic carbocycles. The summed E-state index contributed by atoms with van der Waals surface area (Å²) in [7, 11) is 0. The molecule has 0 aliphatic heterocycles. The molecular weight excluding hydrogens is 278 g/mol. The molecule has 0 radical (unpaired) electrons. The molecular formula is C16H21N5O. The summed E-state index contributed by atoms with van der Waals surface area (Å²) in [4.78, 5) is 15.9. The lowest BCUT2D eigenvalue weighted by atomic mass is 9.89. The van der Waals surface area contributed by atoms with Crippen LogP contribution in [0.1, 0.15) is 32.1 Å². The van der Waals surface area contributed by atoms with E-state index in [4.69, 9.17) is 0 Å². The highest BCUT2D eigenvalue weighted by atomic mass is 16.2. The zero-order valence-corrected chi connectivity index (χ0v) is 12.5. The van der Waals surface area contributed by atoms with Gasteiger partial charge in [0, 0.05) is 12.2 Å². The summed E-state index contributed by atoms with van der Waals surface area (Å²) >= 11 is 0. The molecule has 22 heavy (non-hydrogen) atoms. The number of nitrogens with one attached hydrogen (secondary N) is 2. The number of rotatable bonds is 4. The predicted molar refractivity (Wildman–Crippen MR) is 85.0 cm³/mol. The first-order valence-corrected chi connectivity index (χ1v) is 7.81. The summed E-state index contributed by atoms with van der Waals surface area (Å²) in [5.74, 6) is 0.626. The maximum Gasteiger partial charge on any atom is 0.319 e. The largest absolute Gasteiger partial charge is 0.338 e. The van der Waals surface area contributed by atoms with Gasteiger partial charge < -0.3 is 10.6 Å². The molecule has 116 valence electrons. The van der Waals surface area contributed by atoms with Crippen molar-refractivity contribution in [3.05, 3.63) is 36.9 Å². The number of hydrogen-bond acceptors (Lipinski definition) is 3. The van der Waals surface area contributed by atoms with Gasteiger partial charge in [-0.1, -0.05) is 25.3 Å². The Hall–Kier alpha value is -2.37. The summed E-state index contributed by atoms with van der Waals surface area (Å²) in [6.45, 7) is 0.759. The Morgan fingerprint density at radius 3 is 2.91 bits per heavy atom. The molecule has 0 bridgehead atoms. The molecule has 2 amide bonds. The van der Waals surface area contributed by atoms with Crippen molar-refractivity contribution in [3.8, 4) is 5.69 Å². The number of hydrogen-bond donors (Lipinski definition) is 2. The van der Waals surface area contributed by atoms with E-state index in [0.29, 0.717) is 5.92 Å². The van der Waals surface area contributed by atoms with Gasteiger partial charge in [0.1, 0.15) is 12.7 Å². The monoisotopic (exact) mass is 299 g/mol. The fraction of sp³-hybridized carbons (Fsp3) is 0.438. The van der Waals surface area contributed by atoms with Gasteiger partial charge >= 0.3 is 6.03 Å². The lowest BCUT2D eigenvalue weighted by molar-refractivity contribution is 0.247. The second kappa shape index (κ2) is 7.06. The molecule has 0 saturated heterocycles. The number of carbonyl (C=O) groups excluding carboxylic acids is 1. The lowest BCUT2D eigenvalue weighted by Gasteiger charge is -2.21. The topological polar surface area (TPSA) is 71.8 Å². The number of amides is 2. The van der Waals surface area contributed by atoms with Crippen LogP contribution >= 0.6 is 0 Å². The van der Waals surface area contributed by atoms with E-state index in [9.17, 15) is 4.79 Å². The molecule has 6 nitrogen and oxygen atoms in total. The van der Waals surface area contributed by atoms with Crippen molar-refractivity contribution in [2.75, 3.05) is 11.9 Å². The molecule has 1 aromatic heterocycles. The first-order valence-electron chi connectivity index (χ1n) is 7.81. The van der Waals surface area contributed by atoms with Crippen molar-refractivity contribution in [2.45, 2.75) is 32.1 Å². The number of benzene rings is 1. The molecule has 2 N–H and O–H groups in total. The van der Waals surface area contributed by atoms with Gasteiger partial charge in [0.25, 0.3) is 0 Å². The van der Waals surface area contributed by atoms with E-state index in [1.807, 2.05) is 24.3 Å². The Kier molecular flexibility index (Phi) is 4.68. The van der Waals surface area contributed by atoms with E-state index in [1.54, 1.807) is 11.0 Å². The number of carbonyl (C=O) groups is 1. The van der Waals surface area contributed by atoms with Crippen LogP contribution in [-0.2, 0) is 0 Å². The van der Waals surface area contributed by atoms with Gasteiger partial charge in [-0.3, -0.25) is 0 Å². The van der Waals surface area contributed by atoms with Crippen LogP contribution in [0.5, 0.6) is 0 Å². The SMILES string of the molecule is O=C(NCC1CCCCC1)Nc1cccc(-n2cncn2)c1. The normalized spacial score (nSPS) is 15.5. The molecule has 1 heterocycles. The van der Waals surface area contributed by atoms with Crippen molar-refractivity contribution >= 4 is 11.7 Å². The smallest absolute Gasteiger partial charge is 0.319 e. The molecule has 1 aliphatic carbocycles. The van der Waals surface area contributed by atoms with Gasteiger partial charge in [0.05, 0.1) is 5.69 Å². The molecule has 0 unspecified atom stereocenters. The summed E-state index contributed by atoms with van der Waals surface area (Å²) in [6.07, 6.45) is 9.46. The maximum absolute atomic E-state index is 12.0. The van der Waals surface area contributed by atoms with Crippen LogP contribution in [0.25, 0.3) is 5.69 Å². The first-order chi connectivity index (χ1) is 10.8. The average molecular weight is 299 g/mol. The van der Waals surface area contributed by atoms with Gasteiger partial charge in [-0.15, -0.1) is 0 Å². The minimum atomic E-state index is -0.152. The highest BCUT2D eigenvalue weighted by Crippen LogP contribution is 2.22. The molecule has 6 heteroatoms. The average Bonchev–Trinajstić information content (AvgIpc) is 3.09. The number of nitrogens with zero attached hydrogens (tertiary/aromatic N) is 3. The highest BCUT2D eigenvalue weighted by Gasteiger charge is 2.14. The molecule has 1 aliphatic rings. The van der Waals surface area contributed by atoms with E-state index < -0.39 is 0 Å². The van der Waals surface area contributed by atoms with Gasteiger partial charge in [0.15, 0.2) is 0 Å². The molecule has 1 saturated carbocycles. The van der Waals surface area contributed by atoms with Crippen LogP contribution in [0.2, 0.25) is 0 Å². The molecule has 2 aromatic rings. The fourth-order valence-electron chi connectivity index (χ4n) is 2.87. The maximum atomic E-state index is 12.0. The predicted octanol–water partition coefficient (Wildman–Crippen LogP) is 2.97. The molecule has 1 fully saturated rings. The highest BCUT2D eigenvalue weighted by molar-refractivity contribution is 5.89. The Labute approximate surface area is 129 Å². The van der Waals surface area contributed by atoms with Crippen LogP contribution < -0.4 is 10.6 Å². The zero-order valence-electron chi connectivity index (χ0n) is 12.5. The van der Waals surface area contributed by atoms with Crippen LogP contribution in [0.3, 0.4) is 0 Å². The van der Waals surface area contributed by atoms with E-state index in [2.05, 4.69) is 20.7 Å². The zero-order chi connectivity index (χ0) is 15.2. The minimum absolute atomic E-state index is 0.152. The quantitative estimate of drug-likeness (QED) is 0.911. The molecule has 3 rings (SSSR count). The van der Waals surface area contributed by atoms with E-state index in [0.717, 1.165) is 17.9 Å². The number of urea groups is 1. The molecule has 0 atom stereocenters. The fourth-order valence-corrected chi connectivity index (χ4v) is 2.87. The van der Waals surface area contributed by atoms with Crippen LogP contribution in [0.15, 0.2) is 36.9 Å². The van der Waals surface area contributed by atoms with E-state index in [1.165, 1.54) is 38.4 Å². The summed E-state index contributed by atoms with van der Waals surface area (Å²) in [6, 6.07) is 7.38. The van der Waals surface area contributed by atoms with Crippen LogP contribution in [0.4, 0.5) is 10.5 Å². The van der Waals surface area contributed by atoms with Crippen molar-refractivity contribution in [2.24, 2.45) is 5.92 Å². The van der Waals surface area contributed by atoms with Crippen molar-refractivity contribution in [1.29, 1.82) is 0 Å². The Bertz CT molecular complexity index is 605. The van der Waals surface area contributed by atoms with Crippen molar-refractivity contribution in [1.82, 2.24) is 20.1 Å². The van der Waals surface area contributed by atoms with Crippen LogP contribution in [0, 0.1) is 5.92 Å². The van der Waals surface area contributed by atoms with Crippen molar-refractivity contribution in [3.63, 3.8) is 0 Å². The lowest BCUT2D eigenvalue weighted by Crippen LogP contribution is -2.33. The summed E-state index contributed by atoms with van der Waals surface area (Å²) in [5.41, 5.74) is 1.61. The standard InChI is InChI=1S/C16H21N5O/c22-16(18-10-13-5-2-1-3-6-13)20-14-7-4-8-15(9-14)21-12-17-11-19-21/h4,7-9,11-13H,1-3,5-6,10H2,(H2,18,20,22). The number of aromatic nitrogens is 3. The molecule has 0 spiro atoms. The van der Waals surface area contributed by atoms with Gasteiger partial charge in [-0.2, -0.15) is 5.10 Å². The first kappa shape index (κ1) is 14.6. The van der Waals surface area contributed by atoms with E-state index >= 15 is 0 Å². The third-order valence-corrected chi connectivity index (χ3v) is 4.06. The van der Waals surface area contributed by atoms with E-state index in [-0.39, 0.29) is 6.03 Å². The van der Waals surface area contributed by atoms with Gasteiger partial charge in [-0.25, -0.2) is 14.5 Å². The van der Waals surface area contributed by atoms with Gasteiger partial charge in [-0.05, 0) is 37.0 Å². The van der Waals surface area contributed by atoms with Gasteiger partial charge in [0.2, 0.25) is 0 Å². The second-order valence-electron chi connectivity index (χ2n) is 5.73. The Balaban J connectivity index is 1.54. The third kappa shape index (κ3) is 3.84. The van der Waals surface area contributed by atoms with Crippen molar-refractivity contribution < 1.29 is 4.79 Å². The summed E-state index contributed by atoms with van der Waals surface area (Å²) < 4.78 is 1.66.